The van der Waals surface area contributed by atoms with E-state index in [1.54, 1.807) is 11.3 Å². The van der Waals surface area contributed by atoms with Crippen LogP contribution in [-0.2, 0) is 0 Å². The van der Waals surface area contributed by atoms with E-state index in [2.05, 4.69) is 5.16 Å². The summed E-state index contributed by atoms with van der Waals surface area (Å²) in [4.78, 5) is 1.14. The topological polar surface area (TPSA) is 32.6 Å². The van der Waals surface area contributed by atoms with E-state index in [4.69, 9.17) is 16.8 Å². The van der Waals surface area contributed by atoms with Crippen molar-refractivity contribution in [3.8, 4) is 0 Å². The molecule has 0 saturated heterocycles. The van der Waals surface area contributed by atoms with Crippen LogP contribution in [0.25, 0.3) is 0 Å². The molecule has 12 heavy (non-hydrogen) atoms. The van der Waals surface area contributed by atoms with E-state index < -0.39 is 0 Å². The summed E-state index contributed by atoms with van der Waals surface area (Å²) in [5, 5.41) is 13.7. The summed E-state index contributed by atoms with van der Waals surface area (Å²) in [6.07, 6.45) is 0.851. The molecule has 0 aliphatic heterocycles. The molecule has 66 valence electrons. The fourth-order valence-corrected chi connectivity index (χ4v) is 2.30. The summed E-state index contributed by atoms with van der Waals surface area (Å²) in [5.41, 5.74) is 0. The largest absolute Gasteiger partial charge is 0.410 e. The summed E-state index contributed by atoms with van der Waals surface area (Å²) in [7, 11) is 0. The number of oxime groups is 1. The zero-order valence-corrected chi connectivity index (χ0v) is 8.27. The van der Waals surface area contributed by atoms with E-state index in [0.29, 0.717) is 0 Å². The standard InChI is InChI=1S/C8H10ClNOS/c1-2-6(8(9)10-11)7-4-3-5-12-7/h3-6,11H,2H2,1H3/b10-8+. The lowest BCUT2D eigenvalue weighted by Crippen LogP contribution is -2.03. The quantitative estimate of drug-likeness (QED) is 0.457. The van der Waals surface area contributed by atoms with Crippen molar-refractivity contribution in [3.63, 3.8) is 0 Å². The van der Waals surface area contributed by atoms with Crippen molar-refractivity contribution in [2.24, 2.45) is 5.16 Å². The Bertz CT molecular complexity index is 258. The number of hydrogen-bond acceptors (Lipinski definition) is 3. The van der Waals surface area contributed by atoms with Crippen LogP contribution in [0, 0.1) is 0 Å². The van der Waals surface area contributed by atoms with E-state index in [0.717, 1.165) is 11.3 Å². The van der Waals surface area contributed by atoms with E-state index in [9.17, 15) is 0 Å². The number of halogens is 1. The molecule has 1 aromatic rings. The van der Waals surface area contributed by atoms with Crippen LogP contribution in [0.2, 0.25) is 0 Å². The number of hydrogen-bond donors (Lipinski definition) is 1. The zero-order valence-electron chi connectivity index (χ0n) is 6.70. The normalized spacial score (nSPS) is 14.7. The van der Waals surface area contributed by atoms with Crippen LogP contribution in [0.4, 0.5) is 0 Å². The highest BCUT2D eigenvalue weighted by molar-refractivity contribution is 7.10. The van der Waals surface area contributed by atoms with E-state index in [1.807, 2.05) is 24.4 Å². The fourth-order valence-electron chi connectivity index (χ4n) is 1.05. The second kappa shape index (κ2) is 4.48. The molecule has 1 heterocycles. The predicted octanol–water partition coefficient (Wildman–Crippen LogP) is 3.27. The van der Waals surface area contributed by atoms with Gasteiger partial charge >= 0.3 is 0 Å². The van der Waals surface area contributed by atoms with Gasteiger partial charge in [0.15, 0.2) is 5.17 Å². The van der Waals surface area contributed by atoms with Crippen molar-refractivity contribution < 1.29 is 5.21 Å². The average molecular weight is 204 g/mol. The van der Waals surface area contributed by atoms with Crippen LogP contribution in [-0.4, -0.2) is 10.4 Å². The third-order valence-corrected chi connectivity index (χ3v) is 3.00. The average Bonchev–Trinajstić information content (AvgIpc) is 2.58. The van der Waals surface area contributed by atoms with Gasteiger partial charge in [0.05, 0.1) is 0 Å². The van der Waals surface area contributed by atoms with Gasteiger partial charge in [-0.25, -0.2) is 0 Å². The number of nitrogens with zero attached hydrogens (tertiary/aromatic N) is 1. The Balaban J connectivity index is 2.84. The minimum Gasteiger partial charge on any atom is -0.410 e. The second-order valence-electron chi connectivity index (χ2n) is 2.40. The Kier molecular flexibility index (Phi) is 3.56. The first kappa shape index (κ1) is 9.55. The highest BCUT2D eigenvalue weighted by Crippen LogP contribution is 2.26. The first-order valence-corrected chi connectivity index (χ1v) is 4.96. The van der Waals surface area contributed by atoms with Gasteiger partial charge in [0.2, 0.25) is 0 Å². The molecule has 1 atom stereocenters. The van der Waals surface area contributed by atoms with Gasteiger partial charge in [-0.2, -0.15) is 0 Å². The number of rotatable bonds is 3. The molecule has 0 fully saturated rings. The third kappa shape index (κ3) is 1.99. The molecule has 1 N–H and O–H groups in total. The molecule has 0 bridgehead atoms. The molecule has 0 aromatic carbocycles. The van der Waals surface area contributed by atoms with Gasteiger partial charge in [-0.15, -0.1) is 11.3 Å². The van der Waals surface area contributed by atoms with Gasteiger partial charge < -0.3 is 5.21 Å². The maximum atomic E-state index is 8.50. The maximum absolute atomic E-state index is 8.50. The molecular weight excluding hydrogens is 194 g/mol. The van der Waals surface area contributed by atoms with Gasteiger partial charge in [0.25, 0.3) is 0 Å². The van der Waals surface area contributed by atoms with E-state index in [1.165, 1.54) is 0 Å². The molecule has 1 aromatic heterocycles. The second-order valence-corrected chi connectivity index (χ2v) is 3.77. The molecule has 1 unspecified atom stereocenters. The Labute approximate surface area is 80.5 Å². The summed E-state index contributed by atoms with van der Waals surface area (Å²) in [6, 6.07) is 3.95. The highest BCUT2D eigenvalue weighted by Gasteiger charge is 2.15. The summed E-state index contributed by atoms with van der Waals surface area (Å²) in [5.74, 6) is 0.0525. The van der Waals surface area contributed by atoms with Crippen LogP contribution in [0.3, 0.4) is 0 Å². The predicted molar refractivity (Wildman–Crippen MR) is 52.4 cm³/mol. The number of thiophene rings is 1. The third-order valence-electron chi connectivity index (χ3n) is 1.68. The first-order chi connectivity index (χ1) is 5.79. The van der Waals surface area contributed by atoms with Crippen LogP contribution in [0.1, 0.15) is 24.1 Å². The monoisotopic (exact) mass is 203 g/mol. The maximum Gasteiger partial charge on any atom is 0.153 e. The molecular formula is C8H10ClNOS. The Morgan fingerprint density at radius 2 is 2.58 bits per heavy atom. The van der Waals surface area contributed by atoms with Crippen LogP contribution in [0.5, 0.6) is 0 Å². The molecule has 0 aliphatic carbocycles. The molecule has 0 aliphatic rings. The summed E-state index contributed by atoms with van der Waals surface area (Å²) in [6.45, 7) is 2.01. The molecule has 2 nitrogen and oxygen atoms in total. The minimum atomic E-state index is 0.0525. The van der Waals surface area contributed by atoms with E-state index >= 15 is 0 Å². The van der Waals surface area contributed by atoms with Crippen molar-refractivity contribution >= 4 is 28.1 Å². The minimum absolute atomic E-state index is 0.0525. The Morgan fingerprint density at radius 1 is 1.83 bits per heavy atom. The Hall–Kier alpha value is -0.540. The Morgan fingerprint density at radius 3 is 3.00 bits per heavy atom. The molecule has 0 saturated carbocycles. The van der Waals surface area contributed by atoms with Crippen molar-refractivity contribution in [1.82, 2.24) is 0 Å². The van der Waals surface area contributed by atoms with Crippen LogP contribution in [0.15, 0.2) is 22.7 Å². The summed E-state index contributed by atoms with van der Waals surface area (Å²) >= 11 is 7.35. The lowest BCUT2D eigenvalue weighted by atomic mass is 10.1. The SMILES string of the molecule is CCC(/C(Cl)=N\O)c1cccs1. The zero-order chi connectivity index (χ0) is 8.97. The van der Waals surface area contributed by atoms with Crippen molar-refractivity contribution in [3.05, 3.63) is 22.4 Å². The van der Waals surface area contributed by atoms with Crippen molar-refractivity contribution in [2.45, 2.75) is 19.3 Å². The van der Waals surface area contributed by atoms with E-state index in [-0.39, 0.29) is 11.1 Å². The van der Waals surface area contributed by atoms with Gasteiger partial charge in [0.1, 0.15) is 0 Å². The van der Waals surface area contributed by atoms with Crippen LogP contribution < -0.4 is 0 Å². The molecule has 0 radical (unpaired) electrons. The molecule has 0 spiro atoms. The van der Waals surface area contributed by atoms with Gasteiger partial charge in [-0.1, -0.05) is 29.7 Å². The first-order valence-electron chi connectivity index (χ1n) is 3.70. The van der Waals surface area contributed by atoms with Crippen molar-refractivity contribution in [2.75, 3.05) is 0 Å². The summed E-state index contributed by atoms with van der Waals surface area (Å²) < 4.78 is 0. The molecule has 1 rings (SSSR count). The van der Waals surface area contributed by atoms with Gasteiger partial charge in [0, 0.05) is 10.8 Å². The lowest BCUT2D eigenvalue weighted by Gasteiger charge is -2.08. The fraction of sp³-hybridized carbons (Fsp3) is 0.375. The highest BCUT2D eigenvalue weighted by atomic mass is 35.5. The molecule has 0 amide bonds. The lowest BCUT2D eigenvalue weighted by molar-refractivity contribution is 0.318. The van der Waals surface area contributed by atoms with Crippen molar-refractivity contribution in [1.29, 1.82) is 0 Å². The van der Waals surface area contributed by atoms with Gasteiger partial charge in [-0.3, -0.25) is 0 Å². The van der Waals surface area contributed by atoms with Crippen LogP contribution >= 0.6 is 22.9 Å². The van der Waals surface area contributed by atoms with Gasteiger partial charge in [-0.05, 0) is 17.9 Å². The molecule has 4 heteroatoms. The smallest absolute Gasteiger partial charge is 0.153 e.